The smallest absolute Gasteiger partial charge is 0.306 e. The van der Waals surface area contributed by atoms with Crippen molar-refractivity contribution < 1.29 is 19.7 Å². The number of carboxylic acid groups (broad SMARTS) is 1. The van der Waals surface area contributed by atoms with Gasteiger partial charge in [-0.1, -0.05) is 15.9 Å². The van der Waals surface area contributed by atoms with Gasteiger partial charge in [0.2, 0.25) is 0 Å². The molecule has 2 N–H and O–H groups in total. The second kappa shape index (κ2) is 4.90. The number of hydrogen-bond donors (Lipinski definition) is 2. The van der Waals surface area contributed by atoms with Crippen LogP contribution >= 0.6 is 15.9 Å². The highest BCUT2D eigenvalue weighted by molar-refractivity contribution is 9.10. The molecule has 0 radical (unpaired) electrons. The fourth-order valence-electron chi connectivity index (χ4n) is 2.34. The van der Waals surface area contributed by atoms with E-state index in [1.54, 1.807) is 7.11 Å². The average Bonchev–Trinajstić information content (AvgIpc) is 2.28. The SMILES string of the molecule is COc1ccc(Br)c(CC2(O)CC(C(=O)O)C2)c1. The molecule has 2 rings (SSSR count). The van der Waals surface area contributed by atoms with Crippen molar-refractivity contribution in [3.8, 4) is 5.75 Å². The minimum absolute atomic E-state index is 0.311. The summed E-state index contributed by atoms with van der Waals surface area (Å²) in [4.78, 5) is 10.7. The highest BCUT2D eigenvalue weighted by Crippen LogP contribution is 2.41. The zero-order valence-electron chi connectivity index (χ0n) is 10.0. The molecule has 5 heteroatoms. The summed E-state index contributed by atoms with van der Waals surface area (Å²) in [5, 5.41) is 19.1. The van der Waals surface area contributed by atoms with E-state index in [4.69, 9.17) is 9.84 Å². The van der Waals surface area contributed by atoms with Gasteiger partial charge >= 0.3 is 5.97 Å². The van der Waals surface area contributed by atoms with Crippen LogP contribution in [0.25, 0.3) is 0 Å². The molecular weight excluding hydrogens is 300 g/mol. The Hall–Kier alpha value is -1.07. The Morgan fingerprint density at radius 1 is 1.56 bits per heavy atom. The maximum atomic E-state index is 10.7. The number of carbonyl (C=O) groups is 1. The molecule has 0 bridgehead atoms. The van der Waals surface area contributed by atoms with Crippen LogP contribution in [0.5, 0.6) is 5.75 Å². The first kappa shape index (κ1) is 13.4. The van der Waals surface area contributed by atoms with E-state index in [-0.39, 0.29) is 0 Å². The van der Waals surface area contributed by atoms with Gasteiger partial charge < -0.3 is 14.9 Å². The third kappa shape index (κ3) is 2.67. The first-order valence-corrected chi connectivity index (χ1v) is 6.50. The molecule has 0 aliphatic heterocycles. The number of aliphatic hydroxyl groups is 1. The van der Waals surface area contributed by atoms with Gasteiger partial charge in [0.1, 0.15) is 5.75 Å². The lowest BCUT2D eigenvalue weighted by molar-refractivity contribution is -0.158. The monoisotopic (exact) mass is 314 g/mol. The third-order valence-electron chi connectivity index (χ3n) is 3.37. The average molecular weight is 315 g/mol. The van der Waals surface area contributed by atoms with E-state index in [0.717, 1.165) is 15.8 Å². The van der Waals surface area contributed by atoms with Crippen LogP contribution < -0.4 is 4.74 Å². The van der Waals surface area contributed by atoms with E-state index in [1.165, 1.54) is 0 Å². The fourth-order valence-corrected chi connectivity index (χ4v) is 2.73. The van der Waals surface area contributed by atoms with E-state index in [2.05, 4.69) is 15.9 Å². The number of aliphatic carboxylic acids is 1. The van der Waals surface area contributed by atoms with Gasteiger partial charge in [-0.05, 0) is 36.6 Å². The largest absolute Gasteiger partial charge is 0.497 e. The van der Waals surface area contributed by atoms with Crippen LogP contribution in [-0.4, -0.2) is 28.9 Å². The molecule has 1 fully saturated rings. The quantitative estimate of drug-likeness (QED) is 0.894. The fraction of sp³-hybridized carbons (Fsp3) is 0.462. The van der Waals surface area contributed by atoms with Gasteiger partial charge in [-0.3, -0.25) is 4.79 Å². The Balaban J connectivity index is 2.08. The number of benzene rings is 1. The van der Waals surface area contributed by atoms with Crippen LogP contribution in [-0.2, 0) is 11.2 Å². The molecule has 1 aromatic rings. The molecule has 0 heterocycles. The number of rotatable bonds is 4. The van der Waals surface area contributed by atoms with Crippen molar-refractivity contribution in [2.24, 2.45) is 5.92 Å². The lowest BCUT2D eigenvalue weighted by atomic mass is 9.68. The van der Waals surface area contributed by atoms with Crippen molar-refractivity contribution >= 4 is 21.9 Å². The van der Waals surface area contributed by atoms with E-state index in [0.29, 0.717) is 19.3 Å². The van der Waals surface area contributed by atoms with Gasteiger partial charge in [0.05, 0.1) is 18.6 Å². The maximum absolute atomic E-state index is 10.7. The van der Waals surface area contributed by atoms with Crippen molar-refractivity contribution in [3.63, 3.8) is 0 Å². The summed E-state index contributed by atoms with van der Waals surface area (Å²) in [6.07, 6.45) is 1.06. The van der Waals surface area contributed by atoms with Crippen molar-refractivity contribution in [2.75, 3.05) is 7.11 Å². The van der Waals surface area contributed by atoms with E-state index >= 15 is 0 Å². The number of halogens is 1. The summed E-state index contributed by atoms with van der Waals surface area (Å²) >= 11 is 3.43. The molecule has 0 saturated heterocycles. The van der Waals surface area contributed by atoms with Crippen LogP contribution in [0.3, 0.4) is 0 Å². The molecular formula is C13H15BrO4. The first-order chi connectivity index (χ1) is 8.43. The molecule has 0 unspecified atom stereocenters. The van der Waals surface area contributed by atoms with Gasteiger partial charge in [0.15, 0.2) is 0 Å². The van der Waals surface area contributed by atoms with Crippen LogP contribution in [0.15, 0.2) is 22.7 Å². The molecule has 1 aliphatic rings. The summed E-state index contributed by atoms with van der Waals surface area (Å²) in [5.74, 6) is -0.519. The maximum Gasteiger partial charge on any atom is 0.306 e. The topological polar surface area (TPSA) is 66.8 Å². The Bertz CT molecular complexity index is 466. The molecule has 1 aromatic carbocycles. The van der Waals surface area contributed by atoms with E-state index < -0.39 is 17.5 Å². The zero-order valence-corrected chi connectivity index (χ0v) is 11.6. The highest BCUT2D eigenvalue weighted by Gasteiger charge is 2.46. The number of methoxy groups -OCH3 is 1. The van der Waals surface area contributed by atoms with Gasteiger partial charge in [0, 0.05) is 10.9 Å². The molecule has 18 heavy (non-hydrogen) atoms. The number of carboxylic acids is 1. The Morgan fingerprint density at radius 3 is 2.78 bits per heavy atom. The molecule has 0 atom stereocenters. The normalized spacial score (nSPS) is 26.5. The standard InChI is InChI=1S/C13H15BrO4/c1-18-10-2-3-11(14)8(4-10)5-13(17)6-9(7-13)12(15)16/h2-4,9,17H,5-7H2,1H3,(H,15,16). The molecule has 0 amide bonds. The lowest BCUT2D eigenvalue weighted by Crippen LogP contribution is -2.48. The number of hydrogen-bond acceptors (Lipinski definition) is 3. The van der Waals surface area contributed by atoms with Crippen molar-refractivity contribution in [1.82, 2.24) is 0 Å². The van der Waals surface area contributed by atoms with E-state index in [1.807, 2.05) is 18.2 Å². The van der Waals surface area contributed by atoms with Crippen molar-refractivity contribution in [3.05, 3.63) is 28.2 Å². The van der Waals surface area contributed by atoms with Gasteiger partial charge in [0.25, 0.3) is 0 Å². The lowest BCUT2D eigenvalue weighted by Gasteiger charge is -2.41. The minimum Gasteiger partial charge on any atom is -0.497 e. The summed E-state index contributed by atoms with van der Waals surface area (Å²) < 4.78 is 6.04. The second-order valence-electron chi connectivity index (χ2n) is 4.80. The minimum atomic E-state index is -0.905. The molecule has 1 aliphatic carbocycles. The third-order valence-corrected chi connectivity index (χ3v) is 4.15. The predicted molar refractivity (Wildman–Crippen MR) is 69.7 cm³/mol. The second-order valence-corrected chi connectivity index (χ2v) is 5.66. The van der Waals surface area contributed by atoms with Crippen molar-refractivity contribution in [2.45, 2.75) is 24.9 Å². The van der Waals surface area contributed by atoms with E-state index in [9.17, 15) is 9.90 Å². The predicted octanol–water partition coefficient (Wildman–Crippen LogP) is 2.23. The van der Waals surface area contributed by atoms with Crippen LogP contribution in [0.4, 0.5) is 0 Å². The summed E-state index contributed by atoms with van der Waals surface area (Å²) in [7, 11) is 1.59. The van der Waals surface area contributed by atoms with Crippen LogP contribution in [0.2, 0.25) is 0 Å². The Labute approximate surface area is 114 Å². The molecule has 0 aromatic heterocycles. The van der Waals surface area contributed by atoms with Crippen molar-refractivity contribution in [1.29, 1.82) is 0 Å². The highest BCUT2D eigenvalue weighted by atomic mass is 79.9. The Morgan fingerprint density at radius 2 is 2.22 bits per heavy atom. The Kier molecular flexibility index (Phi) is 3.64. The van der Waals surface area contributed by atoms with Gasteiger partial charge in [-0.2, -0.15) is 0 Å². The zero-order chi connectivity index (χ0) is 13.3. The number of ether oxygens (including phenoxy) is 1. The van der Waals surface area contributed by atoms with Gasteiger partial charge in [-0.25, -0.2) is 0 Å². The molecule has 1 saturated carbocycles. The van der Waals surface area contributed by atoms with Crippen LogP contribution in [0.1, 0.15) is 18.4 Å². The van der Waals surface area contributed by atoms with Crippen LogP contribution in [0, 0.1) is 5.92 Å². The molecule has 98 valence electrons. The summed E-state index contributed by atoms with van der Waals surface area (Å²) in [5.41, 5.74) is 0.0264. The molecule has 0 spiro atoms. The summed E-state index contributed by atoms with van der Waals surface area (Å²) in [6, 6.07) is 5.56. The summed E-state index contributed by atoms with van der Waals surface area (Å²) in [6.45, 7) is 0. The van der Waals surface area contributed by atoms with Gasteiger partial charge in [-0.15, -0.1) is 0 Å². The first-order valence-electron chi connectivity index (χ1n) is 5.71. The molecule has 4 nitrogen and oxygen atoms in total.